The minimum Gasteiger partial charge on any atom is -0.381 e. The quantitative estimate of drug-likeness (QED) is 0.854. The summed E-state index contributed by atoms with van der Waals surface area (Å²) >= 11 is 0. The molecule has 1 saturated heterocycles. The van der Waals surface area contributed by atoms with Gasteiger partial charge in [-0.25, -0.2) is 9.67 Å². The van der Waals surface area contributed by atoms with Gasteiger partial charge in [-0.3, -0.25) is 4.98 Å². The fourth-order valence-electron chi connectivity index (χ4n) is 3.30. The SMILES string of the molecule is OC1N=C(Cc2cc(C(F)(F)F)ccn2)Nc2c1cnn2C1CCOCC1. The van der Waals surface area contributed by atoms with Crippen molar-refractivity contribution in [2.75, 3.05) is 18.5 Å². The summed E-state index contributed by atoms with van der Waals surface area (Å²) in [4.78, 5) is 8.12. The third-order valence-electron chi connectivity index (χ3n) is 4.67. The molecule has 0 amide bonds. The van der Waals surface area contributed by atoms with Gasteiger partial charge in [-0.2, -0.15) is 18.3 Å². The van der Waals surface area contributed by atoms with Crippen LogP contribution in [0.4, 0.5) is 19.0 Å². The van der Waals surface area contributed by atoms with Gasteiger partial charge in [0.15, 0.2) is 6.23 Å². The average Bonchev–Trinajstić information content (AvgIpc) is 3.06. The first kappa shape index (κ1) is 17.9. The Bertz CT molecular complexity index is 858. The van der Waals surface area contributed by atoms with Crippen LogP contribution in [0.25, 0.3) is 0 Å². The Labute approximate surface area is 152 Å². The molecule has 10 heteroatoms. The van der Waals surface area contributed by atoms with E-state index in [1.54, 1.807) is 10.9 Å². The maximum atomic E-state index is 12.9. The molecule has 1 unspecified atom stereocenters. The van der Waals surface area contributed by atoms with Crippen LogP contribution in [0.2, 0.25) is 0 Å². The topological polar surface area (TPSA) is 84.6 Å². The van der Waals surface area contributed by atoms with Crippen LogP contribution in [0.15, 0.2) is 29.5 Å². The van der Waals surface area contributed by atoms with Gasteiger partial charge in [0.2, 0.25) is 0 Å². The van der Waals surface area contributed by atoms with Crippen LogP contribution >= 0.6 is 0 Å². The molecule has 0 bridgehead atoms. The summed E-state index contributed by atoms with van der Waals surface area (Å²) in [7, 11) is 0. The number of aromatic nitrogens is 3. The average molecular weight is 381 g/mol. The van der Waals surface area contributed by atoms with Crippen LogP contribution < -0.4 is 5.32 Å². The first-order valence-corrected chi connectivity index (χ1v) is 8.61. The molecule has 2 N–H and O–H groups in total. The Morgan fingerprint density at radius 1 is 1.30 bits per heavy atom. The molecule has 27 heavy (non-hydrogen) atoms. The van der Waals surface area contributed by atoms with Crippen LogP contribution in [-0.4, -0.2) is 38.9 Å². The molecule has 2 aromatic heterocycles. The fraction of sp³-hybridized carbons (Fsp3) is 0.471. The van der Waals surface area contributed by atoms with Crippen molar-refractivity contribution in [1.82, 2.24) is 14.8 Å². The largest absolute Gasteiger partial charge is 0.416 e. The van der Waals surface area contributed by atoms with Crippen molar-refractivity contribution in [3.8, 4) is 0 Å². The van der Waals surface area contributed by atoms with E-state index in [9.17, 15) is 18.3 Å². The second-order valence-electron chi connectivity index (χ2n) is 6.52. The maximum Gasteiger partial charge on any atom is 0.416 e. The Kier molecular flexibility index (Phi) is 4.60. The molecule has 144 valence electrons. The number of alkyl halides is 3. The van der Waals surface area contributed by atoms with Crippen LogP contribution in [0.5, 0.6) is 0 Å². The highest BCUT2D eigenvalue weighted by Gasteiger charge is 2.31. The Morgan fingerprint density at radius 2 is 2.07 bits per heavy atom. The first-order valence-electron chi connectivity index (χ1n) is 8.61. The molecular weight excluding hydrogens is 363 g/mol. The van der Waals surface area contributed by atoms with Crippen molar-refractivity contribution in [3.63, 3.8) is 0 Å². The summed E-state index contributed by atoms with van der Waals surface area (Å²) in [6.45, 7) is 1.27. The lowest BCUT2D eigenvalue weighted by Gasteiger charge is -2.27. The molecule has 7 nitrogen and oxygen atoms in total. The number of nitrogens with zero attached hydrogens (tertiary/aromatic N) is 4. The van der Waals surface area contributed by atoms with Gasteiger partial charge in [0, 0.05) is 31.5 Å². The maximum absolute atomic E-state index is 12.9. The van der Waals surface area contributed by atoms with Crippen molar-refractivity contribution in [3.05, 3.63) is 41.3 Å². The molecule has 2 aliphatic heterocycles. The normalized spacial score (nSPS) is 20.7. The molecule has 0 saturated carbocycles. The van der Waals surface area contributed by atoms with Gasteiger partial charge >= 0.3 is 6.18 Å². The van der Waals surface area contributed by atoms with E-state index in [1.165, 1.54) is 0 Å². The van der Waals surface area contributed by atoms with Crippen molar-refractivity contribution in [2.24, 2.45) is 4.99 Å². The van der Waals surface area contributed by atoms with E-state index in [1.807, 2.05) is 0 Å². The first-order chi connectivity index (χ1) is 12.9. The van der Waals surface area contributed by atoms with E-state index in [-0.39, 0.29) is 18.2 Å². The van der Waals surface area contributed by atoms with E-state index < -0.39 is 18.0 Å². The highest BCUT2D eigenvalue weighted by molar-refractivity contribution is 5.98. The summed E-state index contributed by atoms with van der Waals surface area (Å²) in [5.74, 6) is 0.960. The number of anilines is 1. The number of ether oxygens (including phenoxy) is 1. The molecule has 0 aliphatic carbocycles. The van der Waals surface area contributed by atoms with E-state index in [0.717, 1.165) is 31.2 Å². The lowest BCUT2D eigenvalue weighted by molar-refractivity contribution is -0.137. The van der Waals surface area contributed by atoms with Crippen LogP contribution in [0.3, 0.4) is 0 Å². The molecular formula is C17H18F3N5O2. The standard InChI is InChI=1S/C17H18F3N5O2/c18-17(19,20)10-1-4-21-11(7-10)8-14-23-15-13(16(26)24-14)9-22-25(15)12-2-5-27-6-3-12/h1,4,7,9,12,16,26H,2-3,5-6,8H2,(H,23,24). The zero-order valence-electron chi connectivity index (χ0n) is 14.3. The number of aliphatic imine (C=N–C) groups is 1. The smallest absolute Gasteiger partial charge is 0.381 e. The molecule has 1 fully saturated rings. The molecule has 0 aromatic carbocycles. The van der Waals surface area contributed by atoms with Crippen LogP contribution in [0.1, 0.15) is 41.9 Å². The van der Waals surface area contributed by atoms with Gasteiger partial charge < -0.3 is 15.2 Å². The number of aliphatic hydroxyl groups is 1. The van der Waals surface area contributed by atoms with E-state index >= 15 is 0 Å². The highest BCUT2D eigenvalue weighted by atomic mass is 19.4. The minimum atomic E-state index is -4.44. The predicted octanol–water partition coefficient (Wildman–Crippen LogP) is 2.71. The summed E-state index contributed by atoms with van der Waals surface area (Å²) in [5.41, 5.74) is -0.0107. The molecule has 1 atom stereocenters. The number of pyridine rings is 1. The monoisotopic (exact) mass is 381 g/mol. The summed E-state index contributed by atoms with van der Waals surface area (Å²) in [6, 6.07) is 2.04. The zero-order chi connectivity index (χ0) is 19.0. The van der Waals surface area contributed by atoms with Gasteiger partial charge in [0.1, 0.15) is 11.7 Å². The Morgan fingerprint density at radius 3 is 2.81 bits per heavy atom. The van der Waals surface area contributed by atoms with Crippen LogP contribution in [0, 0.1) is 0 Å². The van der Waals surface area contributed by atoms with Crippen molar-refractivity contribution < 1.29 is 23.0 Å². The zero-order valence-corrected chi connectivity index (χ0v) is 14.3. The predicted molar refractivity (Wildman–Crippen MR) is 90.3 cm³/mol. The Balaban J connectivity index is 1.56. The van der Waals surface area contributed by atoms with Gasteiger partial charge in [0.25, 0.3) is 0 Å². The number of halogens is 3. The number of hydrogen-bond acceptors (Lipinski definition) is 6. The summed E-state index contributed by atoms with van der Waals surface area (Å²) < 4.78 is 45.8. The number of nitrogens with one attached hydrogen (secondary N) is 1. The fourth-order valence-corrected chi connectivity index (χ4v) is 3.30. The highest BCUT2D eigenvalue weighted by Crippen LogP contribution is 2.33. The van der Waals surface area contributed by atoms with E-state index in [0.29, 0.717) is 30.4 Å². The third-order valence-corrected chi connectivity index (χ3v) is 4.67. The van der Waals surface area contributed by atoms with Gasteiger partial charge in [-0.05, 0) is 25.0 Å². The third kappa shape index (κ3) is 3.67. The van der Waals surface area contributed by atoms with Gasteiger partial charge in [-0.15, -0.1) is 0 Å². The molecule has 4 rings (SSSR count). The second kappa shape index (κ2) is 6.93. The summed E-state index contributed by atoms with van der Waals surface area (Å²) in [5, 5.41) is 17.8. The summed E-state index contributed by atoms with van der Waals surface area (Å²) in [6.07, 6.45) is -1.23. The van der Waals surface area contributed by atoms with E-state index in [4.69, 9.17) is 4.74 Å². The van der Waals surface area contributed by atoms with Crippen LogP contribution in [-0.2, 0) is 17.3 Å². The minimum absolute atomic E-state index is 0.0410. The van der Waals surface area contributed by atoms with Crippen molar-refractivity contribution in [1.29, 1.82) is 0 Å². The molecule has 4 heterocycles. The van der Waals surface area contributed by atoms with E-state index in [2.05, 4.69) is 20.4 Å². The van der Waals surface area contributed by atoms with Gasteiger partial charge in [-0.1, -0.05) is 0 Å². The lowest BCUT2D eigenvalue weighted by atomic mass is 10.1. The molecule has 2 aliphatic rings. The second-order valence-corrected chi connectivity index (χ2v) is 6.52. The number of rotatable bonds is 3. The van der Waals surface area contributed by atoms with Crippen molar-refractivity contribution >= 4 is 11.7 Å². The molecule has 2 aromatic rings. The lowest BCUT2D eigenvalue weighted by Crippen LogP contribution is -2.27. The number of fused-ring (bicyclic) bond motifs is 1. The number of amidine groups is 1. The number of hydrogen-bond donors (Lipinski definition) is 2. The molecule has 0 spiro atoms. The van der Waals surface area contributed by atoms with Crippen molar-refractivity contribution in [2.45, 2.75) is 37.7 Å². The van der Waals surface area contributed by atoms with Gasteiger partial charge in [0.05, 0.1) is 23.4 Å². The Hall–Kier alpha value is -2.46. The number of aliphatic hydroxyl groups excluding tert-OH is 1. The molecule has 0 radical (unpaired) electrons.